The maximum atomic E-state index is 12.5. The maximum Gasteiger partial charge on any atom is 0.334 e. The van der Waals surface area contributed by atoms with Crippen molar-refractivity contribution in [2.45, 2.75) is 13.3 Å². The molecule has 1 aromatic heterocycles. The van der Waals surface area contributed by atoms with E-state index in [1.165, 1.54) is 0 Å². The Morgan fingerprint density at radius 3 is 2.50 bits per heavy atom. The van der Waals surface area contributed by atoms with Crippen LogP contribution in [0, 0.1) is 0 Å². The first-order valence-electron chi connectivity index (χ1n) is 6.27. The summed E-state index contributed by atoms with van der Waals surface area (Å²) in [6, 6.07) is 7.23. The third-order valence-electron chi connectivity index (χ3n) is 3.10. The van der Waals surface area contributed by atoms with Crippen LogP contribution in [0.4, 0.5) is 5.69 Å². The van der Waals surface area contributed by atoms with Gasteiger partial charge in [-0.1, -0.05) is 30.7 Å². The van der Waals surface area contributed by atoms with E-state index in [1.807, 2.05) is 38.1 Å². The van der Waals surface area contributed by atoms with Crippen LogP contribution in [0.5, 0.6) is 0 Å². The van der Waals surface area contributed by atoms with Gasteiger partial charge in [0.1, 0.15) is 5.15 Å². The van der Waals surface area contributed by atoms with Crippen molar-refractivity contribution in [3.8, 4) is 5.69 Å². The molecule has 106 valence electrons. The zero-order valence-electron chi connectivity index (χ0n) is 11.6. The van der Waals surface area contributed by atoms with Gasteiger partial charge in [-0.15, -0.1) is 0 Å². The average Bonchev–Trinajstić information content (AvgIpc) is 2.39. The molecule has 0 aliphatic heterocycles. The maximum absolute atomic E-state index is 12.5. The highest BCUT2D eigenvalue weighted by Gasteiger charge is 2.15. The number of halogens is 1. The Hall–Kier alpha value is -2.01. The molecule has 0 atom stereocenters. The second kappa shape index (κ2) is 5.54. The van der Waals surface area contributed by atoms with Crippen LogP contribution in [0.2, 0.25) is 5.15 Å². The highest BCUT2D eigenvalue weighted by atomic mass is 35.5. The van der Waals surface area contributed by atoms with E-state index in [9.17, 15) is 9.59 Å². The highest BCUT2D eigenvalue weighted by molar-refractivity contribution is 6.30. The molecule has 1 N–H and O–H groups in total. The van der Waals surface area contributed by atoms with Crippen LogP contribution in [0.3, 0.4) is 0 Å². The lowest BCUT2D eigenvalue weighted by Crippen LogP contribution is -2.36. The molecule has 2 aromatic rings. The van der Waals surface area contributed by atoms with Crippen LogP contribution in [0.1, 0.15) is 12.5 Å². The van der Waals surface area contributed by atoms with Crippen molar-refractivity contribution in [1.29, 1.82) is 0 Å². The molecule has 0 saturated heterocycles. The summed E-state index contributed by atoms with van der Waals surface area (Å²) >= 11 is 5.92. The van der Waals surface area contributed by atoms with Gasteiger partial charge in [0.05, 0.1) is 16.9 Å². The first-order valence-corrected chi connectivity index (χ1v) is 6.65. The van der Waals surface area contributed by atoms with Gasteiger partial charge in [-0.2, -0.15) is 0 Å². The minimum absolute atomic E-state index is 0.112. The molecule has 0 aliphatic rings. The fourth-order valence-electron chi connectivity index (χ4n) is 2.10. The number of benzene rings is 1. The molecule has 0 unspecified atom stereocenters. The second-order valence-electron chi connectivity index (χ2n) is 4.60. The molecule has 2 rings (SSSR count). The van der Waals surface area contributed by atoms with Gasteiger partial charge in [0, 0.05) is 14.1 Å². The lowest BCUT2D eigenvalue weighted by atomic mass is 10.2. The number of rotatable bonds is 3. The molecular formula is C14H16ClN3O2. The molecule has 1 aromatic carbocycles. The van der Waals surface area contributed by atoms with Crippen LogP contribution in [0.25, 0.3) is 5.69 Å². The summed E-state index contributed by atoms with van der Waals surface area (Å²) in [5.41, 5.74) is 0.807. The Balaban J connectivity index is 2.84. The van der Waals surface area contributed by atoms with E-state index in [4.69, 9.17) is 11.6 Å². The molecule has 0 radical (unpaired) electrons. The minimum atomic E-state index is -0.536. The summed E-state index contributed by atoms with van der Waals surface area (Å²) in [5.74, 6) is 0. The van der Waals surface area contributed by atoms with E-state index >= 15 is 0 Å². The van der Waals surface area contributed by atoms with Crippen LogP contribution >= 0.6 is 11.6 Å². The largest absolute Gasteiger partial charge is 0.376 e. The number of aromatic amines is 1. The van der Waals surface area contributed by atoms with E-state index in [0.29, 0.717) is 17.7 Å². The molecule has 0 bridgehead atoms. The van der Waals surface area contributed by atoms with Crippen LogP contribution in [0.15, 0.2) is 33.9 Å². The van der Waals surface area contributed by atoms with Crippen molar-refractivity contribution in [3.05, 3.63) is 55.8 Å². The Kier molecular flexibility index (Phi) is 3.99. The number of nitrogens with one attached hydrogen (secondary N) is 1. The first kappa shape index (κ1) is 14.4. The molecule has 0 fully saturated rings. The van der Waals surface area contributed by atoms with Gasteiger partial charge in [-0.05, 0) is 18.6 Å². The first-order chi connectivity index (χ1) is 9.47. The highest BCUT2D eigenvalue weighted by Crippen LogP contribution is 2.20. The Labute approximate surface area is 121 Å². The van der Waals surface area contributed by atoms with Crippen molar-refractivity contribution < 1.29 is 0 Å². The van der Waals surface area contributed by atoms with E-state index in [-0.39, 0.29) is 10.7 Å². The summed E-state index contributed by atoms with van der Waals surface area (Å²) in [7, 11) is 3.71. The summed E-state index contributed by atoms with van der Waals surface area (Å²) in [5, 5.41) is 0.112. The van der Waals surface area contributed by atoms with Crippen molar-refractivity contribution in [3.63, 3.8) is 0 Å². The van der Waals surface area contributed by atoms with Gasteiger partial charge >= 0.3 is 5.69 Å². The lowest BCUT2D eigenvalue weighted by Gasteiger charge is -2.18. The fourth-order valence-corrected chi connectivity index (χ4v) is 2.40. The van der Waals surface area contributed by atoms with Crippen LogP contribution < -0.4 is 16.1 Å². The van der Waals surface area contributed by atoms with E-state index in [1.54, 1.807) is 12.1 Å². The molecule has 6 heteroatoms. The van der Waals surface area contributed by atoms with Gasteiger partial charge in [0.2, 0.25) is 0 Å². The number of hydrogen-bond acceptors (Lipinski definition) is 3. The van der Waals surface area contributed by atoms with Crippen molar-refractivity contribution in [1.82, 2.24) is 9.55 Å². The average molecular weight is 294 g/mol. The van der Waals surface area contributed by atoms with Crippen molar-refractivity contribution in [2.24, 2.45) is 0 Å². The number of para-hydroxylation sites is 2. The van der Waals surface area contributed by atoms with Crippen molar-refractivity contribution >= 4 is 17.3 Å². The van der Waals surface area contributed by atoms with Crippen LogP contribution in [-0.4, -0.2) is 23.6 Å². The summed E-state index contributed by atoms with van der Waals surface area (Å²) in [6.07, 6.45) is 0.457. The normalized spacial score (nSPS) is 10.6. The molecular weight excluding hydrogens is 278 g/mol. The minimum Gasteiger partial charge on any atom is -0.376 e. The third-order valence-corrected chi connectivity index (χ3v) is 3.43. The number of aromatic nitrogens is 2. The molecule has 0 spiro atoms. The molecule has 5 nitrogen and oxygen atoms in total. The SMILES string of the molecule is CCc1c(Cl)[nH]c(=O)n(-c2ccccc2N(C)C)c1=O. The molecule has 1 heterocycles. The number of H-pyrrole nitrogens is 1. The van der Waals surface area contributed by atoms with Gasteiger partial charge in [-0.3, -0.25) is 9.78 Å². The van der Waals surface area contributed by atoms with Crippen molar-refractivity contribution in [2.75, 3.05) is 19.0 Å². The zero-order chi connectivity index (χ0) is 14.9. The fraction of sp³-hybridized carbons (Fsp3) is 0.286. The van der Waals surface area contributed by atoms with Gasteiger partial charge in [0.15, 0.2) is 0 Å². The van der Waals surface area contributed by atoms with Gasteiger partial charge < -0.3 is 4.90 Å². The Bertz CT molecular complexity index is 747. The molecule has 0 amide bonds. The number of hydrogen-bond donors (Lipinski definition) is 1. The predicted molar refractivity (Wildman–Crippen MR) is 81.4 cm³/mol. The Morgan fingerprint density at radius 2 is 1.90 bits per heavy atom. The zero-order valence-corrected chi connectivity index (χ0v) is 12.4. The van der Waals surface area contributed by atoms with Crippen LogP contribution in [-0.2, 0) is 6.42 Å². The Morgan fingerprint density at radius 1 is 1.25 bits per heavy atom. The molecule has 20 heavy (non-hydrogen) atoms. The molecule has 0 aliphatic carbocycles. The summed E-state index contributed by atoms with van der Waals surface area (Å²) in [6.45, 7) is 1.82. The molecule has 0 saturated carbocycles. The standard InChI is InChI=1S/C14H16ClN3O2/c1-4-9-12(15)16-14(20)18(13(9)19)11-8-6-5-7-10(11)17(2)3/h5-8H,4H2,1-3H3,(H,16,20). The monoisotopic (exact) mass is 293 g/mol. The van der Waals surface area contributed by atoms with Gasteiger partial charge in [-0.25, -0.2) is 9.36 Å². The lowest BCUT2D eigenvalue weighted by molar-refractivity contribution is 0.838. The third kappa shape index (κ3) is 2.36. The predicted octanol–water partition coefficient (Wildman–Crippen LogP) is 1.81. The number of anilines is 1. The number of nitrogens with zero attached hydrogens (tertiary/aromatic N) is 2. The van der Waals surface area contributed by atoms with Gasteiger partial charge in [0.25, 0.3) is 5.56 Å². The summed E-state index contributed by atoms with van der Waals surface area (Å²) < 4.78 is 1.13. The van der Waals surface area contributed by atoms with E-state index in [0.717, 1.165) is 10.3 Å². The smallest absolute Gasteiger partial charge is 0.334 e. The topological polar surface area (TPSA) is 58.1 Å². The summed E-state index contributed by atoms with van der Waals surface area (Å²) in [4.78, 5) is 28.9. The van der Waals surface area contributed by atoms with E-state index in [2.05, 4.69) is 4.98 Å². The second-order valence-corrected chi connectivity index (χ2v) is 4.98. The quantitative estimate of drug-likeness (QED) is 0.878. The van der Waals surface area contributed by atoms with E-state index < -0.39 is 5.69 Å².